The Kier molecular flexibility index (Phi) is 8.07. The van der Waals surface area contributed by atoms with Crippen molar-refractivity contribution >= 4 is 43.1 Å². The highest BCUT2D eigenvalue weighted by Gasteiger charge is 2.19. The molecule has 11 aromatic rings. The molecule has 0 spiro atoms. The molecular formula is C53H33N5. The summed E-state index contributed by atoms with van der Waals surface area (Å²) in [6.07, 6.45) is 3.49. The fraction of sp³-hybridized carbons (Fsp3) is 0. The average molecular weight is 740 g/mol. The fourth-order valence-electron chi connectivity index (χ4n) is 8.21. The van der Waals surface area contributed by atoms with E-state index in [0.29, 0.717) is 28.9 Å². The molecule has 11 rings (SSSR count). The first-order chi connectivity index (χ1) is 28.7. The zero-order valence-corrected chi connectivity index (χ0v) is 31.3. The molecule has 0 aliphatic heterocycles. The molecule has 5 nitrogen and oxygen atoms in total. The van der Waals surface area contributed by atoms with Gasteiger partial charge in [0.05, 0.1) is 0 Å². The molecule has 0 saturated heterocycles. The van der Waals surface area contributed by atoms with Crippen LogP contribution in [0.1, 0.15) is 0 Å². The van der Waals surface area contributed by atoms with Crippen LogP contribution in [0.25, 0.3) is 111 Å². The number of hydrogen-bond donors (Lipinski definition) is 0. The Morgan fingerprint density at radius 1 is 0.259 bits per heavy atom. The van der Waals surface area contributed by atoms with Gasteiger partial charge in [-0.3, -0.25) is 9.97 Å². The summed E-state index contributed by atoms with van der Waals surface area (Å²) in [4.78, 5) is 23.6. The van der Waals surface area contributed by atoms with Crippen LogP contribution in [0.3, 0.4) is 0 Å². The summed E-state index contributed by atoms with van der Waals surface area (Å²) in [7, 11) is 0. The second-order valence-electron chi connectivity index (χ2n) is 14.5. The number of aromatic nitrogens is 5. The van der Waals surface area contributed by atoms with E-state index in [0.717, 1.165) is 16.7 Å². The quantitative estimate of drug-likeness (QED) is 0.159. The Morgan fingerprint density at radius 2 is 0.690 bits per heavy atom. The molecule has 0 bridgehead atoms. The lowest BCUT2D eigenvalue weighted by atomic mass is 9.84. The van der Waals surface area contributed by atoms with Crippen molar-refractivity contribution in [3.63, 3.8) is 0 Å². The van der Waals surface area contributed by atoms with Gasteiger partial charge in [-0.2, -0.15) is 0 Å². The van der Waals surface area contributed by atoms with Crippen LogP contribution in [0.2, 0.25) is 0 Å². The zero-order chi connectivity index (χ0) is 38.4. The maximum Gasteiger partial charge on any atom is 0.182 e. The molecule has 0 unspecified atom stereocenters. The van der Waals surface area contributed by atoms with E-state index >= 15 is 0 Å². The van der Waals surface area contributed by atoms with Crippen molar-refractivity contribution in [1.29, 1.82) is 0 Å². The van der Waals surface area contributed by atoms with Crippen LogP contribution < -0.4 is 0 Å². The maximum absolute atomic E-state index is 4.88. The van der Waals surface area contributed by atoms with Crippen molar-refractivity contribution in [3.05, 3.63) is 200 Å². The lowest BCUT2D eigenvalue weighted by molar-refractivity contribution is 1.05. The SMILES string of the molecule is c1ccc(-c2nc(-c3ccc(-c4ccc5c(-c6ccc7ccccc7c6)c6ccccc6c(-c6ccc7ccccc7c6)c5c4)cc3)nc(-c3ccccn3)n2)nc1. The van der Waals surface area contributed by atoms with Gasteiger partial charge in [0.25, 0.3) is 0 Å². The van der Waals surface area contributed by atoms with E-state index < -0.39 is 0 Å². The third-order valence-electron chi connectivity index (χ3n) is 11.0. The molecule has 270 valence electrons. The summed E-state index contributed by atoms with van der Waals surface area (Å²) in [6, 6.07) is 66.6. The van der Waals surface area contributed by atoms with Gasteiger partial charge in [-0.1, -0.05) is 146 Å². The largest absolute Gasteiger partial charge is 0.253 e. The highest BCUT2D eigenvalue weighted by Crippen LogP contribution is 2.46. The number of nitrogens with zero attached hydrogens (tertiary/aromatic N) is 5. The second kappa shape index (κ2) is 14.0. The van der Waals surface area contributed by atoms with E-state index in [-0.39, 0.29) is 0 Å². The minimum Gasteiger partial charge on any atom is -0.253 e. The highest BCUT2D eigenvalue weighted by molar-refractivity contribution is 6.22. The predicted molar refractivity (Wildman–Crippen MR) is 238 cm³/mol. The van der Waals surface area contributed by atoms with E-state index in [9.17, 15) is 0 Å². The van der Waals surface area contributed by atoms with Gasteiger partial charge in [0.15, 0.2) is 17.5 Å². The normalized spacial score (nSPS) is 11.4. The number of benzene rings is 8. The number of pyridine rings is 2. The summed E-state index contributed by atoms with van der Waals surface area (Å²) >= 11 is 0. The van der Waals surface area contributed by atoms with Gasteiger partial charge in [0.1, 0.15) is 11.4 Å². The maximum atomic E-state index is 4.88. The van der Waals surface area contributed by atoms with Crippen molar-refractivity contribution in [1.82, 2.24) is 24.9 Å². The van der Waals surface area contributed by atoms with Gasteiger partial charge in [-0.05, 0) is 119 Å². The monoisotopic (exact) mass is 739 g/mol. The van der Waals surface area contributed by atoms with Crippen molar-refractivity contribution in [2.24, 2.45) is 0 Å². The van der Waals surface area contributed by atoms with E-state index in [1.165, 1.54) is 65.3 Å². The second-order valence-corrected chi connectivity index (χ2v) is 14.5. The molecule has 0 amide bonds. The average Bonchev–Trinajstić information content (AvgIpc) is 3.30. The Hall–Kier alpha value is -7.89. The summed E-state index contributed by atoms with van der Waals surface area (Å²) in [6.45, 7) is 0. The predicted octanol–water partition coefficient (Wildman–Crippen LogP) is 13.3. The Bertz CT molecular complexity index is 3270. The van der Waals surface area contributed by atoms with Crippen molar-refractivity contribution in [2.45, 2.75) is 0 Å². The summed E-state index contributed by atoms with van der Waals surface area (Å²) in [5.41, 5.74) is 9.32. The lowest BCUT2D eigenvalue weighted by Gasteiger charge is -2.19. The van der Waals surface area contributed by atoms with Gasteiger partial charge < -0.3 is 0 Å². The van der Waals surface area contributed by atoms with Crippen molar-refractivity contribution < 1.29 is 0 Å². The number of hydrogen-bond acceptors (Lipinski definition) is 5. The first-order valence-corrected chi connectivity index (χ1v) is 19.4. The third kappa shape index (κ3) is 5.94. The van der Waals surface area contributed by atoms with Gasteiger partial charge in [0, 0.05) is 18.0 Å². The molecule has 0 aliphatic rings. The molecular weight excluding hydrogens is 707 g/mol. The first-order valence-electron chi connectivity index (χ1n) is 19.4. The number of rotatable bonds is 6. The third-order valence-corrected chi connectivity index (χ3v) is 11.0. The van der Waals surface area contributed by atoms with Crippen LogP contribution in [-0.4, -0.2) is 24.9 Å². The van der Waals surface area contributed by atoms with Gasteiger partial charge >= 0.3 is 0 Å². The van der Waals surface area contributed by atoms with Crippen LogP contribution >= 0.6 is 0 Å². The molecule has 8 aromatic carbocycles. The summed E-state index contributed by atoms with van der Waals surface area (Å²) < 4.78 is 0. The molecule has 0 saturated carbocycles. The van der Waals surface area contributed by atoms with Gasteiger partial charge in [-0.15, -0.1) is 0 Å². The summed E-state index contributed by atoms with van der Waals surface area (Å²) in [5.74, 6) is 1.56. The Balaban J connectivity index is 1.09. The van der Waals surface area contributed by atoms with Crippen LogP contribution in [0.5, 0.6) is 0 Å². The minimum atomic E-state index is 0.500. The lowest BCUT2D eigenvalue weighted by Crippen LogP contribution is -2.01. The van der Waals surface area contributed by atoms with E-state index in [2.05, 4.69) is 162 Å². The molecule has 0 aliphatic carbocycles. The van der Waals surface area contributed by atoms with Gasteiger partial charge in [-0.25, -0.2) is 15.0 Å². The van der Waals surface area contributed by atoms with Crippen LogP contribution in [0.15, 0.2) is 200 Å². The number of fused-ring (bicyclic) bond motifs is 4. The minimum absolute atomic E-state index is 0.500. The molecule has 3 aromatic heterocycles. The van der Waals surface area contributed by atoms with Crippen molar-refractivity contribution in [2.75, 3.05) is 0 Å². The molecule has 0 atom stereocenters. The molecule has 3 heterocycles. The van der Waals surface area contributed by atoms with Gasteiger partial charge in [0.2, 0.25) is 0 Å². The Labute approximate surface area is 335 Å². The van der Waals surface area contributed by atoms with E-state index in [4.69, 9.17) is 15.0 Å². The molecule has 5 heteroatoms. The van der Waals surface area contributed by atoms with Crippen molar-refractivity contribution in [3.8, 4) is 67.8 Å². The highest BCUT2D eigenvalue weighted by atomic mass is 15.1. The smallest absolute Gasteiger partial charge is 0.182 e. The topological polar surface area (TPSA) is 64.5 Å². The standard InChI is InChI=1S/C53H33N5/c1-3-13-38-31-41(25-21-34(38)11-1)49-43-15-5-6-16-44(43)50(42-26-22-35-12-2-4-14-39(35)32-42)46-33-40(27-28-45(46)49)36-19-23-37(24-20-36)51-56-52(47-17-7-9-29-54-47)58-53(57-51)48-18-8-10-30-55-48/h1-33H. The van der Waals surface area contributed by atoms with Crippen LogP contribution in [0.4, 0.5) is 0 Å². The summed E-state index contributed by atoms with van der Waals surface area (Å²) in [5, 5.41) is 9.79. The Morgan fingerprint density at radius 3 is 1.24 bits per heavy atom. The molecule has 58 heavy (non-hydrogen) atoms. The molecule has 0 radical (unpaired) electrons. The van der Waals surface area contributed by atoms with E-state index in [1.54, 1.807) is 12.4 Å². The molecule has 0 fully saturated rings. The van der Waals surface area contributed by atoms with E-state index in [1.807, 2.05) is 36.4 Å². The molecule has 0 N–H and O–H groups in total. The zero-order valence-electron chi connectivity index (χ0n) is 31.3. The first kappa shape index (κ1) is 33.4. The van der Waals surface area contributed by atoms with Crippen LogP contribution in [0, 0.1) is 0 Å². The van der Waals surface area contributed by atoms with Crippen LogP contribution in [-0.2, 0) is 0 Å². The fourth-order valence-corrected chi connectivity index (χ4v) is 8.21.